The monoisotopic (exact) mass is 430 g/mol. The van der Waals surface area contributed by atoms with Gasteiger partial charge in [0.1, 0.15) is 11.6 Å². The van der Waals surface area contributed by atoms with Crippen molar-refractivity contribution >= 4 is 23.1 Å². The van der Waals surface area contributed by atoms with Gasteiger partial charge >= 0.3 is 0 Å². The van der Waals surface area contributed by atoms with E-state index in [1.807, 2.05) is 54.4 Å². The van der Waals surface area contributed by atoms with Gasteiger partial charge in [0.25, 0.3) is 0 Å². The fourth-order valence-corrected chi connectivity index (χ4v) is 4.05. The van der Waals surface area contributed by atoms with Crippen LogP contribution in [0, 0.1) is 5.82 Å². The highest BCUT2D eigenvalue weighted by Gasteiger charge is 2.28. The Morgan fingerprint density at radius 1 is 1.16 bits per heavy atom. The molecule has 162 valence electrons. The Balaban J connectivity index is 1.42. The largest absolute Gasteiger partial charge is 0.354 e. The quantitative estimate of drug-likeness (QED) is 0.526. The number of benzene rings is 2. The van der Waals surface area contributed by atoms with Crippen LogP contribution in [0.25, 0.3) is 16.9 Å². The number of aromatic nitrogens is 3. The number of amides is 1. The van der Waals surface area contributed by atoms with Gasteiger partial charge in [0.15, 0.2) is 5.65 Å². The minimum absolute atomic E-state index is 0.0488. The average Bonchev–Trinajstić information content (AvgIpc) is 3.35. The number of anilines is 2. The van der Waals surface area contributed by atoms with Gasteiger partial charge in [-0.3, -0.25) is 4.79 Å². The average molecular weight is 430 g/mol. The fourth-order valence-electron chi connectivity index (χ4n) is 4.05. The zero-order chi connectivity index (χ0) is 22.2. The summed E-state index contributed by atoms with van der Waals surface area (Å²) in [6.45, 7) is 1.07. The summed E-state index contributed by atoms with van der Waals surface area (Å²) >= 11 is 0. The molecule has 5 rings (SSSR count). The molecule has 1 atom stereocenters. The number of carbonyl (C=O) groups is 1. The van der Waals surface area contributed by atoms with Crippen molar-refractivity contribution in [1.29, 1.82) is 0 Å². The Bertz CT molecular complexity index is 1290. The molecular formula is C24H23FN6O. The molecule has 4 aromatic rings. The Kier molecular flexibility index (Phi) is 5.07. The summed E-state index contributed by atoms with van der Waals surface area (Å²) < 4.78 is 15.3. The van der Waals surface area contributed by atoms with Crippen LogP contribution < -0.4 is 15.5 Å². The van der Waals surface area contributed by atoms with Gasteiger partial charge in [-0.15, -0.1) is 5.10 Å². The molecule has 1 aliphatic heterocycles. The molecule has 2 N–H and O–H groups in total. The third-order valence-corrected chi connectivity index (χ3v) is 5.68. The Morgan fingerprint density at radius 2 is 1.97 bits per heavy atom. The second kappa shape index (κ2) is 8.05. The second-order valence-electron chi connectivity index (χ2n) is 8.11. The molecule has 8 heteroatoms. The highest BCUT2D eigenvalue weighted by Crippen LogP contribution is 2.27. The molecule has 0 aliphatic carbocycles. The van der Waals surface area contributed by atoms with Crippen molar-refractivity contribution in [3.05, 3.63) is 78.2 Å². The minimum Gasteiger partial charge on any atom is -0.354 e. The summed E-state index contributed by atoms with van der Waals surface area (Å²) in [4.78, 5) is 20.3. The summed E-state index contributed by atoms with van der Waals surface area (Å²) in [5.74, 6) is 0.541. The van der Waals surface area contributed by atoms with Crippen molar-refractivity contribution in [3.63, 3.8) is 0 Å². The summed E-state index contributed by atoms with van der Waals surface area (Å²) in [7, 11) is 1.92. The van der Waals surface area contributed by atoms with Gasteiger partial charge < -0.3 is 15.5 Å². The molecule has 32 heavy (non-hydrogen) atoms. The first-order chi connectivity index (χ1) is 15.5. The predicted octanol–water partition coefficient (Wildman–Crippen LogP) is 3.24. The van der Waals surface area contributed by atoms with Crippen LogP contribution in [0.5, 0.6) is 0 Å². The van der Waals surface area contributed by atoms with E-state index in [0.29, 0.717) is 19.5 Å². The lowest BCUT2D eigenvalue weighted by molar-refractivity contribution is -0.117. The lowest BCUT2D eigenvalue weighted by atomic mass is 10.1. The van der Waals surface area contributed by atoms with E-state index >= 15 is 0 Å². The minimum atomic E-state index is -0.253. The molecule has 0 bridgehead atoms. The molecule has 0 saturated carbocycles. The van der Waals surface area contributed by atoms with E-state index in [4.69, 9.17) is 10.8 Å². The molecule has 3 heterocycles. The Labute approximate surface area is 184 Å². The summed E-state index contributed by atoms with van der Waals surface area (Å²) in [6, 6.07) is 18.0. The highest BCUT2D eigenvalue weighted by molar-refractivity contribution is 5.96. The zero-order valence-electron chi connectivity index (χ0n) is 17.6. The first kappa shape index (κ1) is 20.1. The standard InChI is InChI=1S/C24H23FN6O/c1-29(14-16-3-2-4-18(25)11-16)23-10-9-22-27-13-21(31(22)28-23)17-5-7-20(8-6-17)30-15-19(26)12-24(30)32/h2-11,13,19H,12,14-15,26H2,1H3. The molecule has 2 aromatic heterocycles. The summed E-state index contributed by atoms with van der Waals surface area (Å²) in [6.07, 6.45) is 2.16. The molecule has 0 radical (unpaired) electrons. The fraction of sp³-hybridized carbons (Fsp3) is 0.208. The maximum Gasteiger partial charge on any atom is 0.228 e. The van der Waals surface area contributed by atoms with Gasteiger partial charge in [-0.1, -0.05) is 24.3 Å². The number of hydrogen-bond acceptors (Lipinski definition) is 5. The number of halogens is 1. The SMILES string of the molecule is CN(Cc1cccc(F)c1)c1ccc2ncc(-c3ccc(N4CC(N)CC4=O)cc3)n2n1. The lowest BCUT2D eigenvalue weighted by Gasteiger charge is -2.18. The van der Waals surface area contributed by atoms with Crippen LogP contribution in [0.4, 0.5) is 15.9 Å². The molecular weight excluding hydrogens is 407 g/mol. The van der Waals surface area contributed by atoms with Gasteiger partial charge in [-0.2, -0.15) is 0 Å². The van der Waals surface area contributed by atoms with E-state index in [9.17, 15) is 9.18 Å². The Morgan fingerprint density at radius 3 is 2.69 bits per heavy atom. The molecule has 1 amide bonds. The second-order valence-corrected chi connectivity index (χ2v) is 8.11. The van der Waals surface area contributed by atoms with E-state index < -0.39 is 0 Å². The van der Waals surface area contributed by atoms with Gasteiger partial charge in [0, 0.05) is 43.9 Å². The maximum atomic E-state index is 13.5. The third-order valence-electron chi connectivity index (χ3n) is 5.68. The molecule has 1 saturated heterocycles. The van der Waals surface area contributed by atoms with E-state index in [0.717, 1.165) is 34.0 Å². The molecule has 1 fully saturated rings. The van der Waals surface area contributed by atoms with Crippen molar-refractivity contribution in [2.75, 3.05) is 23.4 Å². The lowest BCUT2D eigenvalue weighted by Crippen LogP contribution is -2.27. The third kappa shape index (κ3) is 3.80. The molecule has 7 nitrogen and oxygen atoms in total. The zero-order valence-corrected chi connectivity index (χ0v) is 17.6. The smallest absolute Gasteiger partial charge is 0.228 e. The molecule has 0 spiro atoms. The predicted molar refractivity (Wildman–Crippen MR) is 122 cm³/mol. The molecule has 1 unspecified atom stereocenters. The normalized spacial score (nSPS) is 16.2. The van der Waals surface area contributed by atoms with Crippen molar-refractivity contribution < 1.29 is 9.18 Å². The number of imidazole rings is 1. The van der Waals surface area contributed by atoms with Crippen LogP contribution in [-0.2, 0) is 11.3 Å². The Hall–Kier alpha value is -3.78. The van der Waals surface area contributed by atoms with Gasteiger partial charge in [-0.05, 0) is 42.0 Å². The highest BCUT2D eigenvalue weighted by atomic mass is 19.1. The van der Waals surface area contributed by atoms with E-state index in [1.54, 1.807) is 21.7 Å². The molecule has 2 aromatic carbocycles. The number of nitrogens with two attached hydrogens (primary N) is 1. The van der Waals surface area contributed by atoms with Crippen molar-refractivity contribution in [2.45, 2.75) is 19.0 Å². The maximum absolute atomic E-state index is 13.5. The summed E-state index contributed by atoms with van der Waals surface area (Å²) in [5, 5.41) is 4.76. The van der Waals surface area contributed by atoms with Crippen molar-refractivity contribution in [1.82, 2.24) is 14.6 Å². The van der Waals surface area contributed by atoms with Gasteiger partial charge in [-0.25, -0.2) is 13.9 Å². The van der Waals surface area contributed by atoms with Crippen LogP contribution in [0.3, 0.4) is 0 Å². The van der Waals surface area contributed by atoms with Crippen LogP contribution in [0.2, 0.25) is 0 Å². The first-order valence-electron chi connectivity index (χ1n) is 10.4. The van der Waals surface area contributed by atoms with Crippen LogP contribution in [0.15, 0.2) is 66.9 Å². The van der Waals surface area contributed by atoms with Crippen molar-refractivity contribution in [3.8, 4) is 11.3 Å². The van der Waals surface area contributed by atoms with E-state index in [2.05, 4.69) is 4.98 Å². The number of rotatable bonds is 5. The van der Waals surface area contributed by atoms with Crippen LogP contribution >= 0.6 is 0 Å². The van der Waals surface area contributed by atoms with E-state index in [1.165, 1.54) is 12.1 Å². The number of nitrogens with zero attached hydrogens (tertiary/aromatic N) is 5. The van der Waals surface area contributed by atoms with Crippen LogP contribution in [0.1, 0.15) is 12.0 Å². The van der Waals surface area contributed by atoms with Gasteiger partial charge in [0.05, 0.1) is 11.9 Å². The number of carbonyl (C=O) groups excluding carboxylic acids is 1. The van der Waals surface area contributed by atoms with Gasteiger partial charge in [0.2, 0.25) is 5.91 Å². The number of hydrogen-bond donors (Lipinski definition) is 1. The topological polar surface area (TPSA) is 79.8 Å². The molecule has 1 aliphatic rings. The van der Waals surface area contributed by atoms with E-state index in [-0.39, 0.29) is 17.8 Å². The first-order valence-corrected chi connectivity index (χ1v) is 10.4. The number of fused-ring (bicyclic) bond motifs is 1. The summed E-state index contributed by atoms with van der Waals surface area (Å²) in [5.41, 5.74) is 10.1. The van der Waals surface area contributed by atoms with Crippen LogP contribution in [-0.4, -0.2) is 40.1 Å². The van der Waals surface area contributed by atoms with Crippen molar-refractivity contribution in [2.24, 2.45) is 5.73 Å².